The first-order chi connectivity index (χ1) is 19.5. The van der Waals surface area contributed by atoms with Gasteiger partial charge in [-0.1, -0.05) is 0 Å². The average Bonchev–Trinajstić information content (AvgIpc) is 3.48. The van der Waals surface area contributed by atoms with E-state index in [9.17, 15) is 13.9 Å². The van der Waals surface area contributed by atoms with Crippen LogP contribution in [0.5, 0.6) is 5.75 Å². The van der Waals surface area contributed by atoms with E-state index < -0.39 is 23.8 Å². The van der Waals surface area contributed by atoms with Crippen LogP contribution in [0.4, 0.5) is 13.2 Å². The highest BCUT2D eigenvalue weighted by atomic mass is 19.3. The van der Waals surface area contributed by atoms with Crippen LogP contribution in [0.1, 0.15) is 42.1 Å². The van der Waals surface area contributed by atoms with Crippen LogP contribution in [-0.4, -0.2) is 58.2 Å². The van der Waals surface area contributed by atoms with E-state index in [1.54, 1.807) is 44.0 Å². The van der Waals surface area contributed by atoms with Gasteiger partial charge in [0.05, 0.1) is 17.4 Å². The number of hydrogen-bond donors (Lipinski definition) is 1. The fraction of sp³-hybridized carbons (Fsp3) is 0.321. The van der Waals surface area contributed by atoms with Crippen molar-refractivity contribution in [2.24, 2.45) is 7.05 Å². The van der Waals surface area contributed by atoms with E-state index in [2.05, 4.69) is 20.2 Å². The average molecular weight is 565 g/mol. The number of fused-ring (bicyclic) bond motifs is 4. The summed E-state index contributed by atoms with van der Waals surface area (Å²) in [6.45, 7) is 0.804. The number of nitrogens with zero attached hydrogens (tertiary/aromatic N) is 8. The zero-order valence-corrected chi connectivity index (χ0v) is 22.8. The molecular weight excluding hydrogens is 537 g/mol. The molecule has 5 aromatic rings. The van der Waals surface area contributed by atoms with Crippen molar-refractivity contribution in [3.05, 3.63) is 77.0 Å². The summed E-state index contributed by atoms with van der Waals surface area (Å²) in [6.07, 6.45) is 6.68. The first-order valence-electron chi connectivity index (χ1n) is 12.9. The van der Waals surface area contributed by atoms with Gasteiger partial charge in [-0.25, -0.2) is 18.9 Å². The summed E-state index contributed by atoms with van der Waals surface area (Å²) in [5, 5.41) is 23.4. The Labute approximate surface area is 233 Å². The van der Waals surface area contributed by atoms with Gasteiger partial charge in [-0.3, -0.25) is 4.90 Å². The minimum Gasteiger partial charge on any atom is -0.431 e. The number of pyridine rings is 1. The third-order valence-electron chi connectivity index (χ3n) is 7.09. The van der Waals surface area contributed by atoms with Gasteiger partial charge in [-0.15, -0.1) is 0 Å². The smallest absolute Gasteiger partial charge is 0.387 e. The van der Waals surface area contributed by atoms with Crippen molar-refractivity contribution in [1.82, 2.24) is 39.5 Å². The Morgan fingerprint density at radius 1 is 0.976 bits per heavy atom. The third-order valence-corrected chi connectivity index (χ3v) is 7.09. The van der Waals surface area contributed by atoms with E-state index in [1.807, 2.05) is 24.1 Å². The summed E-state index contributed by atoms with van der Waals surface area (Å²) in [6, 6.07) is 4.96. The summed E-state index contributed by atoms with van der Waals surface area (Å²) in [4.78, 5) is 12.0. The molecular formula is C28H27F3N8O2. The van der Waals surface area contributed by atoms with Gasteiger partial charge in [0.25, 0.3) is 0 Å². The van der Waals surface area contributed by atoms with Crippen molar-refractivity contribution in [1.29, 1.82) is 0 Å². The van der Waals surface area contributed by atoms with E-state index in [1.165, 1.54) is 17.1 Å². The topological polar surface area (TPSA) is 106 Å². The van der Waals surface area contributed by atoms with E-state index >= 15 is 4.39 Å². The summed E-state index contributed by atoms with van der Waals surface area (Å²) in [5.41, 5.74) is 4.36. The first-order valence-corrected chi connectivity index (χ1v) is 12.9. The number of aryl methyl sites for hydroxylation is 1. The molecule has 1 N–H and O–H groups in total. The quantitative estimate of drug-likeness (QED) is 0.340. The van der Waals surface area contributed by atoms with Crippen LogP contribution in [0.3, 0.4) is 0 Å². The third kappa shape index (κ3) is 5.02. The van der Waals surface area contributed by atoms with Crippen molar-refractivity contribution < 1.29 is 23.0 Å². The van der Waals surface area contributed by atoms with Gasteiger partial charge in [0.1, 0.15) is 11.3 Å². The van der Waals surface area contributed by atoms with Crippen molar-refractivity contribution in [2.75, 3.05) is 7.05 Å². The number of hydrogen-bond acceptors (Lipinski definition) is 8. The zero-order valence-electron chi connectivity index (χ0n) is 22.8. The first kappa shape index (κ1) is 26.8. The Hall–Kier alpha value is -4.36. The summed E-state index contributed by atoms with van der Waals surface area (Å²) < 4.78 is 49.0. The number of alkyl halides is 2. The molecule has 212 valence electrons. The van der Waals surface area contributed by atoms with Crippen LogP contribution >= 0.6 is 0 Å². The van der Waals surface area contributed by atoms with E-state index in [0.717, 1.165) is 27.9 Å². The van der Waals surface area contributed by atoms with Gasteiger partial charge in [-0.05, 0) is 50.2 Å². The second-order valence-corrected chi connectivity index (χ2v) is 10.7. The fourth-order valence-electron chi connectivity index (χ4n) is 5.20. The largest absolute Gasteiger partial charge is 0.431 e. The molecule has 0 amide bonds. The molecule has 1 aliphatic rings. The number of benzene rings is 1. The van der Waals surface area contributed by atoms with Gasteiger partial charge in [0.2, 0.25) is 0 Å². The lowest BCUT2D eigenvalue weighted by Gasteiger charge is -2.26. The monoisotopic (exact) mass is 564 g/mol. The Balaban J connectivity index is 1.52. The molecule has 41 heavy (non-hydrogen) atoms. The van der Waals surface area contributed by atoms with E-state index in [0.29, 0.717) is 41.3 Å². The second kappa shape index (κ2) is 9.93. The van der Waals surface area contributed by atoms with Crippen LogP contribution in [0, 0.1) is 5.82 Å². The van der Waals surface area contributed by atoms with Crippen LogP contribution in [-0.2, 0) is 32.2 Å². The molecule has 10 nitrogen and oxygen atoms in total. The van der Waals surface area contributed by atoms with Crippen molar-refractivity contribution in [3.8, 4) is 28.1 Å². The molecule has 13 heteroatoms. The normalized spacial score (nSPS) is 14.2. The van der Waals surface area contributed by atoms with E-state index in [4.69, 9.17) is 9.84 Å². The predicted octanol–water partition coefficient (Wildman–Crippen LogP) is 4.09. The van der Waals surface area contributed by atoms with Crippen molar-refractivity contribution >= 4 is 5.52 Å². The summed E-state index contributed by atoms with van der Waals surface area (Å²) in [7, 11) is 3.53. The Bertz CT molecular complexity index is 1760. The molecule has 1 aromatic carbocycles. The lowest BCUT2D eigenvalue weighted by atomic mass is 9.90. The molecule has 1 aliphatic heterocycles. The lowest BCUT2D eigenvalue weighted by Crippen LogP contribution is -2.23. The molecule has 6 rings (SSSR count). The minimum atomic E-state index is -3.21. The molecule has 5 heterocycles. The Morgan fingerprint density at radius 3 is 2.39 bits per heavy atom. The van der Waals surface area contributed by atoms with Gasteiger partial charge in [-0.2, -0.15) is 28.9 Å². The van der Waals surface area contributed by atoms with Crippen molar-refractivity contribution in [3.63, 3.8) is 0 Å². The molecule has 0 atom stereocenters. The standard InChI is InChI=1S/C28H27F3N8O2/c1-28(2,40)26-32-10-16(11-33-26)15-5-6-39-24(7-15)19-8-18-20(13-37(3)14-23(19)36-39)17(22-12-34-38(4)35-22)9-21(29)25(18)41-27(30)31/h5-7,9-12,27,40H,8,13-14H2,1-4H3. The molecule has 0 radical (unpaired) electrons. The molecule has 4 aromatic heterocycles. The number of aromatic nitrogens is 7. The SMILES string of the molecule is CN1Cc2nn3ccc(-c4cnc(C(C)(C)O)nc4)cc3c2Cc2c(c(-c3cnn(C)n3)cc(F)c2OC(F)F)C1. The maximum Gasteiger partial charge on any atom is 0.387 e. The second-order valence-electron chi connectivity index (χ2n) is 10.7. The highest BCUT2D eigenvalue weighted by molar-refractivity contribution is 5.73. The Kier molecular flexibility index (Phi) is 6.50. The number of halogens is 3. The number of rotatable bonds is 5. The zero-order chi connectivity index (χ0) is 29.1. The van der Waals surface area contributed by atoms with Crippen molar-refractivity contribution in [2.45, 2.75) is 45.6 Å². The number of ether oxygens (including phenoxy) is 1. The molecule has 0 bridgehead atoms. The highest BCUT2D eigenvalue weighted by Gasteiger charge is 2.29. The van der Waals surface area contributed by atoms with Gasteiger partial charge < -0.3 is 9.84 Å². The summed E-state index contributed by atoms with van der Waals surface area (Å²) >= 11 is 0. The molecule has 0 fully saturated rings. The van der Waals surface area contributed by atoms with Gasteiger partial charge in [0, 0.05) is 67.4 Å². The van der Waals surface area contributed by atoms with Gasteiger partial charge in [0.15, 0.2) is 17.4 Å². The number of aliphatic hydroxyl groups is 1. The molecule has 0 unspecified atom stereocenters. The molecule has 0 saturated heterocycles. The lowest BCUT2D eigenvalue weighted by molar-refractivity contribution is -0.0528. The predicted molar refractivity (Wildman–Crippen MR) is 142 cm³/mol. The highest BCUT2D eigenvalue weighted by Crippen LogP contribution is 2.40. The molecule has 0 spiro atoms. The Morgan fingerprint density at radius 2 is 1.73 bits per heavy atom. The van der Waals surface area contributed by atoms with E-state index in [-0.39, 0.29) is 6.42 Å². The van der Waals surface area contributed by atoms with Crippen LogP contribution in [0.25, 0.3) is 27.9 Å². The summed E-state index contributed by atoms with van der Waals surface area (Å²) in [5.74, 6) is -1.10. The van der Waals surface area contributed by atoms with Gasteiger partial charge >= 0.3 is 6.61 Å². The minimum absolute atomic E-state index is 0.104. The van der Waals surface area contributed by atoms with Crippen LogP contribution in [0.15, 0.2) is 43.0 Å². The molecule has 0 saturated carbocycles. The van der Waals surface area contributed by atoms with Crippen LogP contribution < -0.4 is 4.74 Å². The fourth-order valence-corrected chi connectivity index (χ4v) is 5.20. The maximum absolute atomic E-state index is 15.5. The maximum atomic E-state index is 15.5. The molecule has 0 aliphatic carbocycles. The van der Waals surface area contributed by atoms with Crippen LogP contribution in [0.2, 0.25) is 0 Å².